The topological polar surface area (TPSA) is 70.2 Å². The van der Waals surface area contributed by atoms with Crippen LogP contribution in [0.3, 0.4) is 0 Å². The molecule has 2 aromatic carbocycles. The van der Waals surface area contributed by atoms with E-state index >= 15 is 0 Å². The highest BCUT2D eigenvalue weighted by molar-refractivity contribution is 5.96. The molecule has 0 bridgehead atoms. The SMILES string of the molecule is Cc1cc(C)c(NC(=O)CNC(=O)CNc2ccccc2C)c(C)c1. The molecule has 2 rings (SSSR count). The van der Waals surface area contributed by atoms with Crippen LogP contribution in [0.1, 0.15) is 22.3 Å². The van der Waals surface area contributed by atoms with E-state index in [-0.39, 0.29) is 24.9 Å². The summed E-state index contributed by atoms with van der Waals surface area (Å²) in [4.78, 5) is 24.0. The third-order valence-electron chi connectivity index (χ3n) is 3.97. The molecule has 0 aliphatic carbocycles. The molecule has 0 atom stereocenters. The smallest absolute Gasteiger partial charge is 0.243 e. The van der Waals surface area contributed by atoms with Gasteiger partial charge >= 0.3 is 0 Å². The summed E-state index contributed by atoms with van der Waals surface area (Å²) in [6.07, 6.45) is 0. The lowest BCUT2D eigenvalue weighted by Crippen LogP contribution is -2.36. The predicted octanol–water partition coefficient (Wildman–Crippen LogP) is 3.09. The van der Waals surface area contributed by atoms with E-state index in [2.05, 4.69) is 16.0 Å². The average molecular weight is 339 g/mol. The Morgan fingerprint density at radius 3 is 2.12 bits per heavy atom. The standard InChI is InChI=1S/C20H25N3O2/c1-13-9-15(3)20(16(4)10-13)23-19(25)12-22-18(24)11-21-17-8-6-5-7-14(17)2/h5-10,21H,11-12H2,1-4H3,(H,22,24)(H,23,25). The van der Waals surface area contributed by atoms with E-state index in [0.717, 1.165) is 33.6 Å². The Hall–Kier alpha value is -2.82. The number of carbonyl (C=O) groups is 2. The van der Waals surface area contributed by atoms with E-state index in [1.807, 2.05) is 64.1 Å². The molecule has 0 aliphatic rings. The summed E-state index contributed by atoms with van der Waals surface area (Å²) in [7, 11) is 0. The van der Waals surface area contributed by atoms with Gasteiger partial charge < -0.3 is 16.0 Å². The van der Waals surface area contributed by atoms with Crippen LogP contribution in [0.5, 0.6) is 0 Å². The Labute approximate surface area is 148 Å². The van der Waals surface area contributed by atoms with Crippen LogP contribution in [0.2, 0.25) is 0 Å². The minimum absolute atomic E-state index is 0.0545. The summed E-state index contributed by atoms with van der Waals surface area (Å²) in [5.41, 5.74) is 5.97. The van der Waals surface area contributed by atoms with Crippen LogP contribution in [-0.4, -0.2) is 24.9 Å². The molecule has 0 radical (unpaired) electrons. The van der Waals surface area contributed by atoms with Gasteiger partial charge in [0.05, 0.1) is 13.1 Å². The lowest BCUT2D eigenvalue weighted by Gasteiger charge is -2.13. The fourth-order valence-electron chi connectivity index (χ4n) is 2.75. The molecular weight excluding hydrogens is 314 g/mol. The van der Waals surface area contributed by atoms with Crippen LogP contribution >= 0.6 is 0 Å². The number of para-hydroxylation sites is 1. The molecule has 25 heavy (non-hydrogen) atoms. The lowest BCUT2D eigenvalue weighted by molar-refractivity contribution is -0.122. The molecule has 0 saturated heterocycles. The number of rotatable bonds is 6. The molecule has 0 aromatic heterocycles. The van der Waals surface area contributed by atoms with Crippen molar-refractivity contribution < 1.29 is 9.59 Å². The third kappa shape index (κ3) is 5.35. The maximum atomic E-state index is 12.1. The molecule has 0 heterocycles. The quantitative estimate of drug-likeness (QED) is 0.757. The minimum atomic E-state index is -0.237. The van der Waals surface area contributed by atoms with Crippen molar-refractivity contribution in [3.63, 3.8) is 0 Å². The van der Waals surface area contributed by atoms with Crippen LogP contribution in [0, 0.1) is 27.7 Å². The van der Waals surface area contributed by atoms with Gasteiger partial charge in [0.15, 0.2) is 0 Å². The second kappa shape index (κ2) is 8.33. The van der Waals surface area contributed by atoms with Gasteiger partial charge in [-0.15, -0.1) is 0 Å². The van der Waals surface area contributed by atoms with Crippen LogP contribution in [0.4, 0.5) is 11.4 Å². The molecule has 5 heteroatoms. The number of carbonyl (C=O) groups excluding carboxylic acids is 2. The zero-order valence-electron chi connectivity index (χ0n) is 15.2. The van der Waals surface area contributed by atoms with Gasteiger partial charge in [0, 0.05) is 11.4 Å². The number of nitrogens with one attached hydrogen (secondary N) is 3. The lowest BCUT2D eigenvalue weighted by atomic mass is 10.1. The van der Waals surface area contributed by atoms with Crippen molar-refractivity contribution in [3.8, 4) is 0 Å². The maximum absolute atomic E-state index is 12.1. The Morgan fingerprint density at radius 1 is 0.840 bits per heavy atom. The van der Waals surface area contributed by atoms with Gasteiger partial charge in [0.1, 0.15) is 0 Å². The fraction of sp³-hybridized carbons (Fsp3) is 0.300. The number of anilines is 2. The molecule has 2 aromatic rings. The van der Waals surface area contributed by atoms with Gasteiger partial charge in [-0.2, -0.15) is 0 Å². The van der Waals surface area contributed by atoms with Crippen molar-refractivity contribution in [2.75, 3.05) is 23.7 Å². The Morgan fingerprint density at radius 2 is 1.48 bits per heavy atom. The first-order valence-electron chi connectivity index (χ1n) is 8.30. The van der Waals surface area contributed by atoms with Gasteiger partial charge in [-0.1, -0.05) is 35.9 Å². The van der Waals surface area contributed by atoms with Gasteiger partial charge in [0.2, 0.25) is 11.8 Å². The van der Waals surface area contributed by atoms with Gasteiger partial charge in [-0.3, -0.25) is 9.59 Å². The Bertz CT molecular complexity index is 761. The number of benzene rings is 2. The zero-order valence-corrected chi connectivity index (χ0v) is 15.2. The fourth-order valence-corrected chi connectivity index (χ4v) is 2.75. The van der Waals surface area contributed by atoms with Crippen LogP contribution in [0.15, 0.2) is 36.4 Å². The molecule has 0 unspecified atom stereocenters. The van der Waals surface area contributed by atoms with Crippen molar-refractivity contribution in [3.05, 3.63) is 58.7 Å². The highest BCUT2D eigenvalue weighted by Gasteiger charge is 2.10. The van der Waals surface area contributed by atoms with Crippen molar-refractivity contribution >= 4 is 23.2 Å². The number of aryl methyl sites for hydroxylation is 4. The molecule has 132 valence electrons. The Kier molecular flexibility index (Phi) is 6.17. The van der Waals surface area contributed by atoms with Crippen LogP contribution in [0.25, 0.3) is 0 Å². The first-order valence-corrected chi connectivity index (χ1v) is 8.30. The van der Waals surface area contributed by atoms with E-state index in [4.69, 9.17) is 0 Å². The summed E-state index contributed by atoms with van der Waals surface area (Å²) < 4.78 is 0. The molecule has 2 amide bonds. The molecule has 0 spiro atoms. The summed E-state index contributed by atoms with van der Waals surface area (Å²) in [6, 6.07) is 11.8. The van der Waals surface area contributed by atoms with E-state index in [1.165, 1.54) is 0 Å². The van der Waals surface area contributed by atoms with Crippen molar-refractivity contribution in [2.24, 2.45) is 0 Å². The van der Waals surface area contributed by atoms with Crippen LogP contribution in [-0.2, 0) is 9.59 Å². The first kappa shape index (κ1) is 18.5. The zero-order chi connectivity index (χ0) is 18.4. The predicted molar refractivity (Wildman–Crippen MR) is 102 cm³/mol. The number of hydrogen-bond acceptors (Lipinski definition) is 3. The number of hydrogen-bond donors (Lipinski definition) is 3. The van der Waals surface area contributed by atoms with Crippen molar-refractivity contribution in [1.29, 1.82) is 0 Å². The summed E-state index contributed by atoms with van der Waals surface area (Å²) in [6.45, 7) is 7.98. The highest BCUT2D eigenvalue weighted by Crippen LogP contribution is 2.21. The molecule has 0 saturated carbocycles. The van der Waals surface area contributed by atoms with E-state index in [9.17, 15) is 9.59 Å². The summed E-state index contributed by atoms with van der Waals surface area (Å²) >= 11 is 0. The summed E-state index contributed by atoms with van der Waals surface area (Å²) in [5, 5.41) is 8.57. The Balaban J connectivity index is 1.82. The number of amides is 2. The van der Waals surface area contributed by atoms with E-state index < -0.39 is 0 Å². The molecular formula is C20H25N3O2. The molecule has 0 fully saturated rings. The molecule has 5 nitrogen and oxygen atoms in total. The molecule has 3 N–H and O–H groups in total. The van der Waals surface area contributed by atoms with E-state index in [0.29, 0.717) is 0 Å². The van der Waals surface area contributed by atoms with Crippen LogP contribution < -0.4 is 16.0 Å². The van der Waals surface area contributed by atoms with Crippen molar-refractivity contribution in [2.45, 2.75) is 27.7 Å². The van der Waals surface area contributed by atoms with Gasteiger partial charge in [-0.25, -0.2) is 0 Å². The summed E-state index contributed by atoms with van der Waals surface area (Å²) in [5.74, 6) is -0.463. The minimum Gasteiger partial charge on any atom is -0.376 e. The van der Waals surface area contributed by atoms with Gasteiger partial charge in [-0.05, 0) is 50.5 Å². The highest BCUT2D eigenvalue weighted by atomic mass is 16.2. The third-order valence-corrected chi connectivity index (χ3v) is 3.97. The largest absolute Gasteiger partial charge is 0.376 e. The monoisotopic (exact) mass is 339 g/mol. The second-order valence-electron chi connectivity index (χ2n) is 6.27. The first-order chi connectivity index (χ1) is 11.9. The normalized spacial score (nSPS) is 10.2. The average Bonchev–Trinajstić information content (AvgIpc) is 2.55. The van der Waals surface area contributed by atoms with Crippen molar-refractivity contribution in [1.82, 2.24) is 5.32 Å². The second-order valence-corrected chi connectivity index (χ2v) is 6.27. The molecule has 0 aliphatic heterocycles. The van der Waals surface area contributed by atoms with Gasteiger partial charge in [0.25, 0.3) is 0 Å². The van der Waals surface area contributed by atoms with E-state index in [1.54, 1.807) is 0 Å². The maximum Gasteiger partial charge on any atom is 0.243 e.